The van der Waals surface area contributed by atoms with Crippen LogP contribution in [0, 0.1) is 19.8 Å². The number of rotatable bonds is 5. The molecule has 0 aliphatic carbocycles. The minimum atomic E-state index is 0.617. The van der Waals surface area contributed by atoms with E-state index in [4.69, 9.17) is 0 Å². The Kier molecular flexibility index (Phi) is 5.27. The second-order valence-electron chi connectivity index (χ2n) is 7.99. The van der Waals surface area contributed by atoms with Crippen molar-refractivity contribution in [2.75, 3.05) is 31.5 Å². The van der Waals surface area contributed by atoms with Crippen molar-refractivity contribution in [3.05, 3.63) is 47.2 Å². The van der Waals surface area contributed by atoms with Crippen LogP contribution in [-0.4, -0.2) is 46.9 Å². The lowest BCUT2D eigenvalue weighted by Crippen LogP contribution is -2.45. The Morgan fingerprint density at radius 2 is 2.00 bits per heavy atom. The van der Waals surface area contributed by atoms with Crippen molar-refractivity contribution in [3.8, 4) is 0 Å². The van der Waals surface area contributed by atoms with E-state index in [0.717, 1.165) is 31.9 Å². The van der Waals surface area contributed by atoms with Crippen molar-refractivity contribution in [1.82, 2.24) is 20.0 Å². The minimum absolute atomic E-state index is 0.617. The zero-order valence-corrected chi connectivity index (χ0v) is 16.0. The van der Waals surface area contributed by atoms with Crippen molar-refractivity contribution >= 4 is 5.82 Å². The predicted molar refractivity (Wildman–Crippen MR) is 106 cm³/mol. The fourth-order valence-corrected chi connectivity index (χ4v) is 4.18. The number of aryl methyl sites for hydroxylation is 2. The molecule has 5 heteroatoms. The van der Waals surface area contributed by atoms with E-state index in [1.54, 1.807) is 0 Å². The number of hydrogen-bond donors (Lipinski definition) is 2. The van der Waals surface area contributed by atoms with E-state index >= 15 is 0 Å². The Morgan fingerprint density at radius 3 is 2.81 bits per heavy atom. The van der Waals surface area contributed by atoms with Crippen LogP contribution in [0.3, 0.4) is 0 Å². The van der Waals surface area contributed by atoms with Gasteiger partial charge in [-0.05, 0) is 50.9 Å². The van der Waals surface area contributed by atoms with Gasteiger partial charge in [0.15, 0.2) is 0 Å². The molecule has 3 heterocycles. The van der Waals surface area contributed by atoms with Gasteiger partial charge in [0.05, 0.1) is 5.69 Å². The molecular weight excluding hydrogens is 322 g/mol. The lowest BCUT2D eigenvalue weighted by molar-refractivity contribution is 0.186. The average molecular weight is 354 g/mol. The van der Waals surface area contributed by atoms with Crippen LogP contribution < -0.4 is 10.6 Å². The third kappa shape index (κ3) is 4.10. The largest absolute Gasteiger partial charge is 0.370 e. The predicted octanol–water partition coefficient (Wildman–Crippen LogP) is 2.80. The first-order chi connectivity index (χ1) is 12.7. The summed E-state index contributed by atoms with van der Waals surface area (Å²) in [6.45, 7) is 10.9. The van der Waals surface area contributed by atoms with Crippen molar-refractivity contribution in [3.63, 3.8) is 0 Å². The first-order valence-electron chi connectivity index (χ1n) is 9.96. The molecule has 1 aromatic heterocycles. The quantitative estimate of drug-likeness (QED) is 0.868. The molecular formula is C21H31N5. The van der Waals surface area contributed by atoms with Gasteiger partial charge in [0.2, 0.25) is 0 Å². The number of benzene rings is 1. The van der Waals surface area contributed by atoms with Gasteiger partial charge < -0.3 is 10.6 Å². The van der Waals surface area contributed by atoms with E-state index < -0.39 is 0 Å². The molecule has 1 saturated heterocycles. The molecule has 1 aromatic carbocycles. The number of nitrogens with one attached hydrogen (secondary N) is 2. The van der Waals surface area contributed by atoms with Crippen molar-refractivity contribution in [2.45, 2.75) is 45.8 Å². The van der Waals surface area contributed by atoms with Gasteiger partial charge >= 0.3 is 0 Å². The van der Waals surface area contributed by atoms with E-state index in [0.29, 0.717) is 12.0 Å². The van der Waals surface area contributed by atoms with E-state index in [2.05, 4.69) is 69.5 Å². The maximum atomic E-state index is 4.57. The molecule has 5 nitrogen and oxygen atoms in total. The maximum Gasteiger partial charge on any atom is 0.124 e. The summed E-state index contributed by atoms with van der Waals surface area (Å²) in [7, 11) is 0. The molecule has 0 bridgehead atoms. The van der Waals surface area contributed by atoms with Gasteiger partial charge in [0.25, 0.3) is 0 Å². The van der Waals surface area contributed by atoms with Gasteiger partial charge in [-0.3, -0.25) is 4.90 Å². The number of anilines is 1. The minimum Gasteiger partial charge on any atom is -0.370 e. The second-order valence-corrected chi connectivity index (χ2v) is 7.99. The summed E-state index contributed by atoms with van der Waals surface area (Å²) in [6, 6.07) is 11.6. The van der Waals surface area contributed by atoms with E-state index in [9.17, 15) is 0 Å². The van der Waals surface area contributed by atoms with Gasteiger partial charge in [-0.15, -0.1) is 0 Å². The number of fused-ring (bicyclic) bond motifs is 1. The molecule has 0 radical (unpaired) electrons. The highest BCUT2D eigenvalue weighted by atomic mass is 15.3. The summed E-state index contributed by atoms with van der Waals surface area (Å²) in [5, 5.41) is 11.9. The zero-order chi connectivity index (χ0) is 17.9. The number of aromatic nitrogens is 2. The van der Waals surface area contributed by atoms with Gasteiger partial charge in [-0.1, -0.05) is 24.3 Å². The van der Waals surface area contributed by atoms with Gasteiger partial charge in [0, 0.05) is 44.2 Å². The maximum absolute atomic E-state index is 4.57. The fourth-order valence-electron chi connectivity index (χ4n) is 4.18. The monoisotopic (exact) mass is 353 g/mol. The number of likely N-dealkylation sites (tertiary alicyclic amines) is 1. The Balaban J connectivity index is 1.20. The lowest BCUT2D eigenvalue weighted by Gasteiger charge is -2.34. The molecule has 2 aliphatic heterocycles. The average Bonchev–Trinajstić information content (AvgIpc) is 3.02. The Bertz CT molecular complexity index is 730. The Labute approximate surface area is 156 Å². The topological polar surface area (TPSA) is 45.1 Å². The van der Waals surface area contributed by atoms with Crippen LogP contribution in [0.15, 0.2) is 30.3 Å². The highest BCUT2D eigenvalue weighted by Crippen LogP contribution is 2.19. The third-order valence-corrected chi connectivity index (χ3v) is 5.84. The summed E-state index contributed by atoms with van der Waals surface area (Å²) in [5.74, 6) is 1.79. The molecule has 2 aliphatic rings. The summed E-state index contributed by atoms with van der Waals surface area (Å²) >= 11 is 0. The van der Waals surface area contributed by atoms with Crippen molar-refractivity contribution in [1.29, 1.82) is 0 Å². The van der Waals surface area contributed by atoms with Gasteiger partial charge in [0.1, 0.15) is 5.82 Å². The molecule has 26 heavy (non-hydrogen) atoms. The van der Waals surface area contributed by atoms with E-state index in [1.165, 1.54) is 42.9 Å². The molecule has 140 valence electrons. The number of hydrogen-bond acceptors (Lipinski definition) is 4. The lowest BCUT2D eigenvalue weighted by atomic mass is 10.0. The highest BCUT2D eigenvalue weighted by Gasteiger charge is 2.23. The highest BCUT2D eigenvalue weighted by molar-refractivity contribution is 5.38. The van der Waals surface area contributed by atoms with Crippen LogP contribution in [-0.2, 0) is 13.1 Å². The molecule has 1 atom stereocenters. The molecule has 4 rings (SSSR count). The molecule has 1 fully saturated rings. The van der Waals surface area contributed by atoms with Crippen molar-refractivity contribution < 1.29 is 0 Å². The van der Waals surface area contributed by atoms with E-state index in [-0.39, 0.29) is 0 Å². The van der Waals surface area contributed by atoms with Crippen LogP contribution in [0.4, 0.5) is 5.82 Å². The number of nitrogens with zero attached hydrogens (tertiary/aromatic N) is 3. The summed E-state index contributed by atoms with van der Waals surface area (Å²) in [5.41, 5.74) is 3.98. The molecule has 0 saturated carbocycles. The molecule has 0 unspecified atom stereocenters. The first kappa shape index (κ1) is 17.6. The summed E-state index contributed by atoms with van der Waals surface area (Å²) in [6.07, 6.45) is 2.50. The summed E-state index contributed by atoms with van der Waals surface area (Å²) < 4.78 is 2.12. The molecule has 0 spiro atoms. The van der Waals surface area contributed by atoms with E-state index in [1.807, 2.05) is 0 Å². The van der Waals surface area contributed by atoms with Crippen LogP contribution in [0.5, 0.6) is 0 Å². The second kappa shape index (κ2) is 7.80. The SMILES string of the molecule is Cc1cc2n(n1)C[C@H](CNC1CCN(Cc3ccccc3C)CC1)CN2. The van der Waals surface area contributed by atoms with Crippen molar-refractivity contribution in [2.24, 2.45) is 5.92 Å². The van der Waals surface area contributed by atoms with Crippen LogP contribution >= 0.6 is 0 Å². The smallest absolute Gasteiger partial charge is 0.124 e. The third-order valence-electron chi connectivity index (χ3n) is 5.84. The van der Waals surface area contributed by atoms with Crippen LogP contribution in [0.25, 0.3) is 0 Å². The standard InChI is InChI=1S/C21H31N5/c1-16-5-3-4-6-19(16)15-25-9-7-20(8-10-25)22-12-18-13-23-21-11-17(2)24-26(21)14-18/h3-6,11,18,20,22-23H,7-10,12-15H2,1-2H3/t18-/m1/s1. The zero-order valence-electron chi connectivity index (χ0n) is 16.0. The molecule has 2 N–H and O–H groups in total. The van der Waals surface area contributed by atoms with Crippen LogP contribution in [0.2, 0.25) is 0 Å². The van der Waals surface area contributed by atoms with Crippen LogP contribution in [0.1, 0.15) is 29.7 Å². The molecule has 2 aromatic rings. The Morgan fingerprint density at radius 1 is 1.19 bits per heavy atom. The van der Waals surface area contributed by atoms with Gasteiger partial charge in [-0.25, -0.2) is 4.68 Å². The summed E-state index contributed by atoms with van der Waals surface area (Å²) in [4.78, 5) is 2.60. The van der Waals surface area contributed by atoms with Gasteiger partial charge in [-0.2, -0.15) is 5.10 Å². The normalized spacial score (nSPS) is 21.4. The molecule has 0 amide bonds. The number of piperidine rings is 1. The first-order valence-corrected chi connectivity index (χ1v) is 9.96. The Hall–Kier alpha value is -1.85. The fraction of sp³-hybridized carbons (Fsp3) is 0.571.